The molecule has 2 fully saturated rings. The third-order valence-electron chi connectivity index (χ3n) is 4.67. The van der Waals surface area contributed by atoms with E-state index in [1.165, 1.54) is 6.42 Å². The summed E-state index contributed by atoms with van der Waals surface area (Å²) in [6.45, 7) is 13.9. The lowest BCUT2D eigenvalue weighted by atomic mass is 10.1. The van der Waals surface area contributed by atoms with Gasteiger partial charge < -0.3 is 15.0 Å². The van der Waals surface area contributed by atoms with E-state index in [1.807, 2.05) is 27.8 Å². The van der Waals surface area contributed by atoms with Gasteiger partial charge in [-0.15, -0.1) is 0 Å². The van der Waals surface area contributed by atoms with Crippen LogP contribution in [0.15, 0.2) is 4.99 Å². The Hall–Kier alpha value is -0.660. The van der Waals surface area contributed by atoms with Crippen LogP contribution in [0.3, 0.4) is 0 Å². The van der Waals surface area contributed by atoms with Crippen molar-refractivity contribution in [3.05, 3.63) is 0 Å². The molecule has 140 valence electrons. The van der Waals surface area contributed by atoms with Crippen LogP contribution < -0.4 is 5.32 Å². The maximum absolute atomic E-state index is 12.1. The summed E-state index contributed by atoms with van der Waals surface area (Å²) < 4.78 is 17.4. The van der Waals surface area contributed by atoms with Crippen LogP contribution in [0.25, 0.3) is 0 Å². The van der Waals surface area contributed by atoms with Gasteiger partial charge in [0.15, 0.2) is 5.96 Å². The summed E-state index contributed by atoms with van der Waals surface area (Å²) in [5, 5.41) is 3.39. The van der Waals surface area contributed by atoms with Gasteiger partial charge in [-0.25, -0.2) is 0 Å². The zero-order valence-corrected chi connectivity index (χ0v) is 16.5. The number of likely N-dealkylation sites (tertiary alicyclic amines) is 1. The monoisotopic (exact) mass is 358 g/mol. The summed E-state index contributed by atoms with van der Waals surface area (Å²) in [5.74, 6) is 2.31. The van der Waals surface area contributed by atoms with E-state index in [4.69, 9.17) is 4.74 Å². The number of nitrogens with zero attached hydrogens (tertiary/aromatic N) is 3. The molecule has 2 atom stereocenters. The summed E-state index contributed by atoms with van der Waals surface area (Å²) in [5.41, 5.74) is 0. The molecule has 7 heteroatoms. The minimum absolute atomic E-state index is 0.151. The molecule has 24 heavy (non-hydrogen) atoms. The van der Waals surface area contributed by atoms with Crippen LogP contribution in [0.5, 0.6) is 0 Å². The van der Waals surface area contributed by atoms with Crippen LogP contribution in [0.4, 0.5) is 0 Å². The zero-order valence-electron chi connectivity index (χ0n) is 15.7. The second-order valence-corrected chi connectivity index (χ2v) is 9.97. The van der Waals surface area contributed by atoms with Gasteiger partial charge in [0, 0.05) is 67.6 Å². The highest BCUT2D eigenvalue weighted by molar-refractivity contribution is 7.86. The molecule has 0 aromatic heterocycles. The number of guanidine groups is 1. The average Bonchev–Trinajstić information content (AvgIpc) is 2.99. The predicted octanol–water partition coefficient (Wildman–Crippen LogP) is 0.763. The molecule has 0 bridgehead atoms. The number of hydrogen-bond donors (Lipinski definition) is 1. The maximum atomic E-state index is 12.1. The molecule has 0 aliphatic carbocycles. The fourth-order valence-corrected chi connectivity index (χ4v) is 4.12. The van der Waals surface area contributed by atoms with Gasteiger partial charge in [-0.2, -0.15) is 0 Å². The van der Waals surface area contributed by atoms with E-state index >= 15 is 0 Å². The standard InChI is InChI=1S/C17H34N4O2S/c1-17(2,3)24(22)12-6-19-16(18-4)21-7-5-15(14-21)13-20-8-10-23-11-9-20/h15H,5-14H2,1-4H3,(H,18,19). The van der Waals surface area contributed by atoms with Crippen molar-refractivity contribution >= 4 is 16.8 Å². The Kier molecular flexibility index (Phi) is 7.50. The Balaban J connectivity index is 1.72. The Morgan fingerprint density at radius 2 is 2.00 bits per heavy atom. The highest BCUT2D eigenvalue weighted by atomic mass is 32.2. The third-order valence-corrected chi connectivity index (χ3v) is 6.61. The van der Waals surface area contributed by atoms with E-state index in [0.717, 1.165) is 51.9 Å². The van der Waals surface area contributed by atoms with Gasteiger partial charge in [0.2, 0.25) is 0 Å². The number of nitrogens with one attached hydrogen (secondary N) is 1. The number of morpholine rings is 1. The molecule has 2 aliphatic rings. The van der Waals surface area contributed by atoms with Gasteiger partial charge >= 0.3 is 0 Å². The Labute approximate surface area is 149 Å². The van der Waals surface area contributed by atoms with Crippen LogP contribution in [0, 0.1) is 5.92 Å². The minimum Gasteiger partial charge on any atom is -0.379 e. The summed E-state index contributed by atoms with van der Waals surface area (Å²) in [6.07, 6.45) is 1.21. The van der Waals surface area contributed by atoms with Crippen LogP contribution in [0.2, 0.25) is 0 Å². The molecule has 0 aromatic rings. The minimum atomic E-state index is -0.824. The molecule has 0 radical (unpaired) electrons. The van der Waals surface area contributed by atoms with Crippen molar-refractivity contribution in [1.29, 1.82) is 0 Å². The second-order valence-electron chi connectivity index (χ2n) is 7.65. The number of rotatable bonds is 5. The van der Waals surface area contributed by atoms with Gasteiger partial charge in [-0.1, -0.05) is 0 Å². The van der Waals surface area contributed by atoms with Crippen LogP contribution in [-0.4, -0.2) is 90.0 Å². The molecule has 0 spiro atoms. The number of hydrogen-bond acceptors (Lipinski definition) is 4. The van der Waals surface area contributed by atoms with Crippen LogP contribution in [-0.2, 0) is 15.5 Å². The molecular formula is C17H34N4O2S. The fraction of sp³-hybridized carbons (Fsp3) is 0.941. The summed E-state index contributed by atoms with van der Waals surface area (Å²) in [6, 6.07) is 0. The SMILES string of the molecule is CN=C(NCCS(=O)C(C)(C)C)N1CCC(CN2CCOCC2)C1. The zero-order chi connectivity index (χ0) is 17.6. The predicted molar refractivity (Wildman–Crippen MR) is 101 cm³/mol. The number of ether oxygens (including phenoxy) is 1. The van der Waals surface area contributed by atoms with Gasteiger partial charge in [-0.05, 0) is 33.1 Å². The van der Waals surface area contributed by atoms with Crippen molar-refractivity contribution in [2.45, 2.75) is 31.9 Å². The number of aliphatic imine (C=N–C) groups is 1. The average molecular weight is 359 g/mol. The smallest absolute Gasteiger partial charge is 0.193 e. The van der Waals surface area contributed by atoms with E-state index in [2.05, 4.69) is 20.1 Å². The molecule has 0 amide bonds. The van der Waals surface area contributed by atoms with E-state index in [-0.39, 0.29) is 4.75 Å². The third kappa shape index (κ3) is 6.01. The Morgan fingerprint density at radius 1 is 1.29 bits per heavy atom. The molecule has 0 aromatic carbocycles. The summed E-state index contributed by atoms with van der Waals surface area (Å²) in [7, 11) is 1.01. The normalized spacial score (nSPS) is 25.1. The molecule has 0 saturated carbocycles. The summed E-state index contributed by atoms with van der Waals surface area (Å²) >= 11 is 0. The van der Waals surface area contributed by atoms with Crippen LogP contribution >= 0.6 is 0 Å². The Bertz CT molecular complexity index is 444. The van der Waals surface area contributed by atoms with Gasteiger partial charge in [-0.3, -0.25) is 14.1 Å². The highest BCUT2D eigenvalue weighted by Crippen LogP contribution is 2.18. The first-order valence-electron chi connectivity index (χ1n) is 9.04. The highest BCUT2D eigenvalue weighted by Gasteiger charge is 2.27. The van der Waals surface area contributed by atoms with Crippen LogP contribution in [0.1, 0.15) is 27.2 Å². The summed E-state index contributed by atoms with van der Waals surface area (Å²) in [4.78, 5) is 9.26. The lowest BCUT2D eigenvalue weighted by Crippen LogP contribution is -2.43. The van der Waals surface area contributed by atoms with E-state index in [9.17, 15) is 4.21 Å². The van der Waals surface area contributed by atoms with E-state index in [0.29, 0.717) is 18.2 Å². The van der Waals surface area contributed by atoms with Gasteiger partial charge in [0.25, 0.3) is 0 Å². The van der Waals surface area contributed by atoms with Crippen molar-refractivity contribution in [2.24, 2.45) is 10.9 Å². The Morgan fingerprint density at radius 3 is 2.62 bits per heavy atom. The molecule has 2 unspecified atom stereocenters. The van der Waals surface area contributed by atoms with E-state index < -0.39 is 10.8 Å². The first-order valence-corrected chi connectivity index (χ1v) is 10.4. The first-order chi connectivity index (χ1) is 11.4. The molecule has 1 N–H and O–H groups in total. The first kappa shape index (κ1) is 19.7. The lowest BCUT2D eigenvalue weighted by Gasteiger charge is -2.29. The quantitative estimate of drug-likeness (QED) is 0.581. The van der Waals surface area contributed by atoms with Crippen molar-refractivity contribution in [3.8, 4) is 0 Å². The van der Waals surface area contributed by atoms with Crippen molar-refractivity contribution < 1.29 is 8.95 Å². The van der Waals surface area contributed by atoms with Gasteiger partial charge in [0.05, 0.1) is 13.2 Å². The van der Waals surface area contributed by atoms with E-state index in [1.54, 1.807) is 0 Å². The molecule has 6 nitrogen and oxygen atoms in total. The van der Waals surface area contributed by atoms with Crippen molar-refractivity contribution in [3.63, 3.8) is 0 Å². The molecule has 2 aliphatic heterocycles. The van der Waals surface area contributed by atoms with Gasteiger partial charge in [0.1, 0.15) is 0 Å². The second kappa shape index (κ2) is 9.15. The van der Waals surface area contributed by atoms with Crippen molar-refractivity contribution in [1.82, 2.24) is 15.1 Å². The lowest BCUT2D eigenvalue weighted by molar-refractivity contribution is 0.0315. The van der Waals surface area contributed by atoms with Crippen molar-refractivity contribution in [2.75, 3.05) is 65.3 Å². The maximum Gasteiger partial charge on any atom is 0.193 e. The molecule has 2 heterocycles. The molecule has 2 saturated heterocycles. The largest absolute Gasteiger partial charge is 0.379 e. The topological polar surface area (TPSA) is 57.2 Å². The molecular weight excluding hydrogens is 324 g/mol. The molecule has 2 rings (SSSR count). The fourth-order valence-electron chi connectivity index (χ4n) is 3.22.